The van der Waals surface area contributed by atoms with Crippen molar-refractivity contribution in [1.29, 1.82) is 0 Å². The molecule has 0 radical (unpaired) electrons. The maximum atomic E-state index is 12.3. The molecule has 3 rings (SSSR count). The number of ether oxygens (including phenoxy) is 3. The Morgan fingerprint density at radius 3 is 2.67 bits per heavy atom. The predicted octanol–water partition coefficient (Wildman–Crippen LogP) is 4.28. The summed E-state index contributed by atoms with van der Waals surface area (Å²) < 4.78 is 22.3. The van der Waals surface area contributed by atoms with Gasteiger partial charge in [0.05, 0.1) is 24.9 Å². The topological polar surface area (TPSA) is 99.4 Å². The zero-order valence-electron chi connectivity index (χ0n) is 15.9. The van der Waals surface area contributed by atoms with Gasteiger partial charge in [0.1, 0.15) is 5.58 Å². The van der Waals surface area contributed by atoms with Crippen LogP contribution in [0, 0.1) is 0 Å². The van der Waals surface area contributed by atoms with Crippen molar-refractivity contribution in [3.05, 3.63) is 56.7 Å². The number of hydrazone groups is 1. The SMILES string of the molecule is COC(=O)COc1ccc(/C=N\NC(=O)c2cc3cc(Br)cc(Br)c3o2)cc1OC. The number of nitrogens with one attached hydrogen (secondary N) is 1. The van der Waals surface area contributed by atoms with Crippen molar-refractivity contribution in [3.63, 3.8) is 0 Å². The minimum absolute atomic E-state index is 0.130. The van der Waals surface area contributed by atoms with Gasteiger partial charge in [-0.2, -0.15) is 5.10 Å². The van der Waals surface area contributed by atoms with Gasteiger partial charge < -0.3 is 18.6 Å². The molecule has 0 unspecified atom stereocenters. The van der Waals surface area contributed by atoms with Gasteiger partial charge in [-0.05, 0) is 57.9 Å². The zero-order valence-corrected chi connectivity index (χ0v) is 19.1. The van der Waals surface area contributed by atoms with Crippen molar-refractivity contribution in [2.24, 2.45) is 5.10 Å². The molecule has 1 N–H and O–H groups in total. The van der Waals surface area contributed by atoms with Crippen LogP contribution in [0.5, 0.6) is 11.5 Å². The second-order valence-corrected chi connectivity index (χ2v) is 7.66. The van der Waals surface area contributed by atoms with Crippen molar-refractivity contribution >= 4 is 60.9 Å². The summed E-state index contributed by atoms with van der Waals surface area (Å²) in [7, 11) is 2.75. The molecule has 0 saturated heterocycles. The standard InChI is InChI=1S/C20H16Br2N2O6/c1-27-16-5-11(3-4-15(16)29-10-18(25)28-2)9-23-24-20(26)17-7-12-6-13(21)8-14(22)19(12)30-17/h3-9H,10H2,1-2H3,(H,24,26)/b23-9-. The minimum atomic E-state index is -0.504. The molecule has 1 amide bonds. The summed E-state index contributed by atoms with van der Waals surface area (Å²) in [5.74, 6) is -0.0825. The summed E-state index contributed by atoms with van der Waals surface area (Å²) in [5.41, 5.74) is 3.63. The van der Waals surface area contributed by atoms with Crippen LogP contribution in [0.4, 0.5) is 0 Å². The molecular formula is C20H16Br2N2O6. The Morgan fingerprint density at radius 2 is 1.93 bits per heavy atom. The Morgan fingerprint density at radius 1 is 1.13 bits per heavy atom. The highest BCUT2D eigenvalue weighted by Gasteiger charge is 2.14. The fourth-order valence-electron chi connectivity index (χ4n) is 2.49. The highest BCUT2D eigenvalue weighted by atomic mass is 79.9. The average Bonchev–Trinajstić information content (AvgIpc) is 3.16. The molecule has 1 aromatic heterocycles. The third-order valence-electron chi connectivity index (χ3n) is 3.90. The van der Waals surface area contributed by atoms with Crippen LogP contribution >= 0.6 is 31.9 Å². The van der Waals surface area contributed by atoms with Gasteiger partial charge >= 0.3 is 11.9 Å². The maximum absolute atomic E-state index is 12.3. The van der Waals surface area contributed by atoms with E-state index < -0.39 is 11.9 Å². The number of amides is 1. The van der Waals surface area contributed by atoms with E-state index in [2.05, 4.69) is 47.1 Å². The number of furan rings is 1. The number of carbonyl (C=O) groups excluding carboxylic acids is 2. The Hall–Kier alpha value is -2.85. The quantitative estimate of drug-likeness (QED) is 0.273. The smallest absolute Gasteiger partial charge is 0.343 e. The number of hydrogen-bond donors (Lipinski definition) is 1. The zero-order chi connectivity index (χ0) is 21.7. The number of hydrogen-bond acceptors (Lipinski definition) is 7. The van der Waals surface area contributed by atoms with Crippen molar-refractivity contribution < 1.29 is 28.2 Å². The monoisotopic (exact) mass is 538 g/mol. The van der Waals surface area contributed by atoms with E-state index in [1.165, 1.54) is 20.4 Å². The summed E-state index contributed by atoms with van der Waals surface area (Å²) in [4.78, 5) is 23.5. The van der Waals surface area contributed by atoms with Crippen molar-refractivity contribution in [2.75, 3.05) is 20.8 Å². The fraction of sp³-hybridized carbons (Fsp3) is 0.150. The minimum Gasteiger partial charge on any atom is -0.493 e. The van der Waals surface area contributed by atoms with E-state index in [9.17, 15) is 9.59 Å². The summed E-state index contributed by atoms with van der Waals surface area (Å²) >= 11 is 6.80. The van der Waals surface area contributed by atoms with Crippen LogP contribution in [-0.2, 0) is 9.53 Å². The summed E-state index contributed by atoms with van der Waals surface area (Å²) in [5, 5.41) is 4.72. The van der Waals surface area contributed by atoms with Crippen molar-refractivity contribution in [2.45, 2.75) is 0 Å². The van der Waals surface area contributed by atoms with Crippen LogP contribution in [0.15, 0.2) is 54.9 Å². The van der Waals surface area contributed by atoms with Gasteiger partial charge in [-0.3, -0.25) is 4.79 Å². The number of carbonyl (C=O) groups is 2. The van der Waals surface area contributed by atoms with Gasteiger partial charge in [0, 0.05) is 9.86 Å². The van der Waals surface area contributed by atoms with Crippen LogP contribution in [0.3, 0.4) is 0 Å². The second kappa shape index (κ2) is 9.77. The van der Waals surface area contributed by atoms with E-state index in [1.807, 2.05) is 12.1 Å². The third-order valence-corrected chi connectivity index (χ3v) is 4.95. The number of methoxy groups -OCH3 is 2. The van der Waals surface area contributed by atoms with E-state index >= 15 is 0 Å². The van der Waals surface area contributed by atoms with Crippen LogP contribution in [0.2, 0.25) is 0 Å². The normalized spacial score (nSPS) is 10.9. The first-order chi connectivity index (χ1) is 14.4. The molecule has 2 aromatic carbocycles. The van der Waals surface area contributed by atoms with Gasteiger partial charge in [-0.25, -0.2) is 10.2 Å². The molecule has 10 heteroatoms. The molecule has 30 heavy (non-hydrogen) atoms. The third kappa shape index (κ3) is 5.19. The molecule has 0 spiro atoms. The lowest BCUT2D eigenvalue weighted by Gasteiger charge is -2.10. The molecule has 0 bridgehead atoms. The number of fused-ring (bicyclic) bond motifs is 1. The molecule has 156 valence electrons. The molecule has 0 saturated carbocycles. The molecule has 0 atom stereocenters. The molecule has 0 fully saturated rings. The summed E-state index contributed by atoms with van der Waals surface area (Å²) in [6.45, 7) is -0.236. The van der Waals surface area contributed by atoms with Gasteiger partial charge in [0.2, 0.25) is 0 Å². The van der Waals surface area contributed by atoms with Gasteiger partial charge in [0.15, 0.2) is 23.9 Å². The molecule has 1 heterocycles. The highest BCUT2D eigenvalue weighted by Crippen LogP contribution is 2.31. The van der Waals surface area contributed by atoms with E-state index in [1.54, 1.807) is 24.3 Å². The first-order valence-corrected chi connectivity index (χ1v) is 10.1. The van der Waals surface area contributed by atoms with Gasteiger partial charge in [-0.1, -0.05) is 15.9 Å². The number of halogens is 2. The second-order valence-electron chi connectivity index (χ2n) is 5.89. The number of esters is 1. The lowest BCUT2D eigenvalue weighted by Crippen LogP contribution is -2.16. The van der Waals surface area contributed by atoms with E-state index in [-0.39, 0.29) is 12.4 Å². The maximum Gasteiger partial charge on any atom is 0.343 e. The number of benzene rings is 2. The summed E-state index contributed by atoms with van der Waals surface area (Å²) in [6, 6.07) is 10.3. The summed E-state index contributed by atoms with van der Waals surface area (Å²) in [6.07, 6.45) is 1.44. The van der Waals surface area contributed by atoms with E-state index in [0.717, 1.165) is 14.3 Å². The van der Waals surface area contributed by atoms with Crippen LogP contribution in [-0.4, -0.2) is 38.9 Å². The first kappa shape index (κ1) is 21.8. The Bertz CT molecular complexity index is 1130. The van der Waals surface area contributed by atoms with Gasteiger partial charge in [0.25, 0.3) is 0 Å². The van der Waals surface area contributed by atoms with E-state index in [4.69, 9.17) is 13.9 Å². The Balaban J connectivity index is 1.68. The first-order valence-electron chi connectivity index (χ1n) is 8.51. The van der Waals surface area contributed by atoms with Crippen LogP contribution < -0.4 is 14.9 Å². The molecule has 0 aliphatic heterocycles. The molecule has 3 aromatic rings. The molecular weight excluding hydrogens is 524 g/mol. The molecule has 0 aliphatic carbocycles. The molecule has 8 nitrogen and oxygen atoms in total. The van der Waals surface area contributed by atoms with E-state index in [0.29, 0.717) is 22.6 Å². The van der Waals surface area contributed by atoms with Gasteiger partial charge in [-0.15, -0.1) is 0 Å². The highest BCUT2D eigenvalue weighted by molar-refractivity contribution is 9.11. The largest absolute Gasteiger partial charge is 0.493 e. The average molecular weight is 540 g/mol. The number of nitrogens with zero attached hydrogens (tertiary/aromatic N) is 1. The lowest BCUT2D eigenvalue weighted by atomic mass is 10.2. The van der Waals surface area contributed by atoms with Crippen molar-refractivity contribution in [3.8, 4) is 11.5 Å². The van der Waals surface area contributed by atoms with Crippen molar-refractivity contribution in [1.82, 2.24) is 5.43 Å². The number of rotatable bonds is 7. The molecule has 0 aliphatic rings. The fourth-order valence-corrected chi connectivity index (χ4v) is 3.83. The lowest BCUT2D eigenvalue weighted by molar-refractivity contribution is -0.142. The van der Waals surface area contributed by atoms with Crippen LogP contribution in [0.1, 0.15) is 16.1 Å². The Kier molecular flexibility index (Phi) is 7.11. The predicted molar refractivity (Wildman–Crippen MR) is 117 cm³/mol. The van der Waals surface area contributed by atoms with Crippen LogP contribution in [0.25, 0.3) is 11.0 Å². The Labute approximate surface area is 188 Å².